The minimum absolute atomic E-state index is 0.00505. The highest BCUT2D eigenvalue weighted by Gasteiger charge is 2.33. The van der Waals surface area contributed by atoms with Gasteiger partial charge in [-0.1, -0.05) is 6.07 Å². The SMILES string of the molecule is Cc1ccc(C(F)(F)F)c2cc(C=O)cc(OC=O)c12. The summed E-state index contributed by atoms with van der Waals surface area (Å²) in [5.74, 6) is -0.0665. The number of aryl methyl sites for hydroxylation is 1. The van der Waals surface area contributed by atoms with E-state index in [9.17, 15) is 22.8 Å². The van der Waals surface area contributed by atoms with Crippen molar-refractivity contribution in [3.05, 3.63) is 41.0 Å². The van der Waals surface area contributed by atoms with Gasteiger partial charge in [-0.3, -0.25) is 9.59 Å². The summed E-state index contributed by atoms with van der Waals surface area (Å²) < 4.78 is 43.7. The molecule has 0 aliphatic carbocycles. The van der Waals surface area contributed by atoms with Crippen LogP contribution in [0.3, 0.4) is 0 Å². The molecule has 0 atom stereocenters. The van der Waals surface area contributed by atoms with Crippen molar-refractivity contribution < 1.29 is 27.5 Å². The van der Waals surface area contributed by atoms with E-state index in [0.29, 0.717) is 11.8 Å². The quantitative estimate of drug-likeness (QED) is 0.809. The molecule has 0 aliphatic rings. The van der Waals surface area contributed by atoms with Crippen molar-refractivity contribution in [2.75, 3.05) is 0 Å². The molecule has 0 bridgehead atoms. The lowest BCUT2D eigenvalue weighted by atomic mass is 9.97. The van der Waals surface area contributed by atoms with Crippen LogP contribution in [0.5, 0.6) is 5.75 Å². The van der Waals surface area contributed by atoms with Gasteiger partial charge in [-0.15, -0.1) is 0 Å². The molecule has 0 N–H and O–H groups in total. The Morgan fingerprint density at radius 3 is 2.40 bits per heavy atom. The summed E-state index contributed by atoms with van der Waals surface area (Å²) in [4.78, 5) is 21.3. The lowest BCUT2D eigenvalue weighted by Gasteiger charge is -2.14. The first-order valence-corrected chi connectivity index (χ1v) is 5.58. The molecule has 0 fully saturated rings. The zero-order chi connectivity index (χ0) is 14.9. The molecular formula is C14H9F3O3. The highest BCUT2D eigenvalue weighted by molar-refractivity contribution is 5.98. The second kappa shape index (κ2) is 4.96. The molecule has 104 valence electrons. The summed E-state index contributed by atoms with van der Waals surface area (Å²) in [7, 11) is 0. The molecule has 0 unspecified atom stereocenters. The summed E-state index contributed by atoms with van der Waals surface area (Å²) >= 11 is 0. The van der Waals surface area contributed by atoms with Gasteiger partial charge in [0, 0.05) is 10.9 Å². The summed E-state index contributed by atoms with van der Waals surface area (Å²) in [5.41, 5.74) is -0.356. The number of benzene rings is 2. The number of ether oxygens (including phenoxy) is 1. The maximum atomic E-state index is 13.0. The lowest BCUT2D eigenvalue weighted by molar-refractivity contribution is -0.136. The molecule has 0 heterocycles. The Morgan fingerprint density at radius 1 is 1.15 bits per heavy atom. The van der Waals surface area contributed by atoms with E-state index in [1.807, 2.05) is 0 Å². The van der Waals surface area contributed by atoms with Gasteiger partial charge in [0.15, 0.2) is 0 Å². The van der Waals surface area contributed by atoms with Crippen LogP contribution >= 0.6 is 0 Å². The number of hydrogen-bond acceptors (Lipinski definition) is 3. The molecule has 20 heavy (non-hydrogen) atoms. The van der Waals surface area contributed by atoms with Crippen molar-refractivity contribution in [1.82, 2.24) is 0 Å². The van der Waals surface area contributed by atoms with Gasteiger partial charge in [0.2, 0.25) is 0 Å². The van der Waals surface area contributed by atoms with Crippen LogP contribution in [0.2, 0.25) is 0 Å². The standard InChI is InChI=1S/C14H9F3O3/c1-8-2-3-11(14(15,16)17)10-4-9(6-18)5-12(13(8)10)20-7-19/h2-7H,1H3. The fourth-order valence-corrected chi connectivity index (χ4v) is 2.10. The third kappa shape index (κ3) is 2.36. The fourth-order valence-electron chi connectivity index (χ4n) is 2.10. The van der Waals surface area contributed by atoms with Gasteiger partial charge in [0.1, 0.15) is 12.0 Å². The van der Waals surface area contributed by atoms with Gasteiger partial charge in [-0.05, 0) is 36.1 Å². The largest absolute Gasteiger partial charge is 0.428 e. The summed E-state index contributed by atoms with van der Waals surface area (Å²) in [6.45, 7) is 1.71. The maximum Gasteiger partial charge on any atom is 0.417 e. The zero-order valence-electron chi connectivity index (χ0n) is 10.3. The molecule has 0 aromatic heterocycles. The predicted octanol–water partition coefficient (Wildman–Crippen LogP) is 3.51. The number of halogens is 3. The van der Waals surface area contributed by atoms with Crippen LogP contribution in [0, 0.1) is 6.92 Å². The molecule has 0 spiro atoms. The number of hydrogen-bond donors (Lipinski definition) is 0. The Bertz CT molecular complexity index is 690. The van der Waals surface area contributed by atoms with Crippen molar-refractivity contribution in [2.24, 2.45) is 0 Å². The monoisotopic (exact) mass is 282 g/mol. The molecule has 6 heteroatoms. The molecule has 0 amide bonds. The van der Waals surface area contributed by atoms with Gasteiger partial charge >= 0.3 is 6.18 Å². The first kappa shape index (κ1) is 14.0. The van der Waals surface area contributed by atoms with Crippen molar-refractivity contribution in [3.8, 4) is 5.75 Å². The minimum Gasteiger partial charge on any atom is -0.428 e. The number of alkyl halides is 3. The molecule has 0 radical (unpaired) electrons. The number of aldehydes is 1. The van der Waals surface area contributed by atoms with E-state index in [2.05, 4.69) is 0 Å². The highest BCUT2D eigenvalue weighted by atomic mass is 19.4. The molecule has 3 nitrogen and oxygen atoms in total. The van der Waals surface area contributed by atoms with Crippen LogP contribution in [0.15, 0.2) is 24.3 Å². The molecule has 2 aromatic carbocycles. The zero-order valence-corrected chi connectivity index (χ0v) is 10.3. The van der Waals surface area contributed by atoms with E-state index in [4.69, 9.17) is 4.74 Å². The van der Waals surface area contributed by atoms with E-state index in [1.54, 1.807) is 6.92 Å². The summed E-state index contributed by atoms with van der Waals surface area (Å²) in [6.07, 6.45) is -4.16. The number of carbonyl (C=O) groups excluding carboxylic acids is 2. The smallest absolute Gasteiger partial charge is 0.417 e. The van der Waals surface area contributed by atoms with Crippen LogP contribution in [0.4, 0.5) is 13.2 Å². The molecular weight excluding hydrogens is 273 g/mol. The molecule has 0 saturated carbocycles. The van der Waals surface area contributed by atoms with E-state index < -0.39 is 11.7 Å². The maximum absolute atomic E-state index is 13.0. The molecule has 2 aromatic rings. The van der Waals surface area contributed by atoms with Crippen LogP contribution in [0.25, 0.3) is 10.8 Å². The second-order valence-electron chi connectivity index (χ2n) is 4.20. The first-order valence-electron chi connectivity index (χ1n) is 5.58. The molecule has 0 saturated heterocycles. The fraction of sp³-hybridized carbons (Fsp3) is 0.143. The minimum atomic E-state index is -4.56. The van der Waals surface area contributed by atoms with Crippen LogP contribution in [0.1, 0.15) is 21.5 Å². The van der Waals surface area contributed by atoms with E-state index in [1.165, 1.54) is 12.1 Å². The van der Waals surface area contributed by atoms with Crippen molar-refractivity contribution in [1.29, 1.82) is 0 Å². The normalized spacial score (nSPS) is 11.4. The molecule has 2 rings (SSSR count). The Balaban J connectivity index is 2.93. The van der Waals surface area contributed by atoms with Gasteiger partial charge in [-0.25, -0.2) is 0 Å². The number of rotatable bonds is 3. The van der Waals surface area contributed by atoms with Crippen molar-refractivity contribution in [2.45, 2.75) is 13.1 Å². The number of carbonyl (C=O) groups is 2. The topological polar surface area (TPSA) is 43.4 Å². The first-order chi connectivity index (χ1) is 9.38. The van der Waals surface area contributed by atoms with E-state index in [-0.39, 0.29) is 28.6 Å². The van der Waals surface area contributed by atoms with Gasteiger partial charge < -0.3 is 4.74 Å². The van der Waals surface area contributed by atoms with Gasteiger partial charge in [0.05, 0.1) is 5.56 Å². The third-order valence-corrected chi connectivity index (χ3v) is 2.93. The highest BCUT2D eigenvalue weighted by Crippen LogP contribution is 2.39. The Labute approximate surface area is 112 Å². The summed E-state index contributed by atoms with van der Waals surface area (Å²) in [5, 5.41) is -0.00326. The van der Waals surface area contributed by atoms with E-state index >= 15 is 0 Å². The Morgan fingerprint density at radius 2 is 1.85 bits per heavy atom. The van der Waals surface area contributed by atoms with Crippen LogP contribution in [-0.4, -0.2) is 12.8 Å². The third-order valence-electron chi connectivity index (χ3n) is 2.93. The molecule has 0 aliphatic heterocycles. The Hall–Kier alpha value is -2.37. The average molecular weight is 282 g/mol. The van der Waals surface area contributed by atoms with E-state index in [0.717, 1.165) is 12.1 Å². The van der Waals surface area contributed by atoms with Crippen LogP contribution in [-0.2, 0) is 11.0 Å². The van der Waals surface area contributed by atoms with Gasteiger partial charge in [0.25, 0.3) is 6.47 Å². The summed E-state index contributed by atoms with van der Waals surface area (Å²) in [6, 6.07) is 4.60. The predicted molar refractivity (Wildman–Crippen MR) is 65.8 cm³/mol. The lowest BCUT2D eigenvalue weighted by Crippen LogP contribution is -2.07. The van der Waals surface area contributed by atoms with Gasteiger partial charge in [-0.2, -0.15) is 13.2 Å². The number of fused-ring (bicyclic) bond motifs is 1. The second-order valence-corrected chi connectivity index (χ2v) is 4.20. The van der Waals surface area contributed by atoms with Crippen molar-refractivity contribution in [3.63, 3.8) is 0 Å². The van der Waals surface area contributed by atoms with Crippen molar-refractivity contribution >= 4 is 23.5 Å². The Kier molecular flexibility index (Phi) is 3.48. The van der Waals surface area contributed by atoms with Crippen LogP contribution < -0.4 is 4.74 Å². The average Bonchev–Trinajstić information content (AvgIpc) is 2.37.